The van der Waals surface area contributed by atoms with Crippen LogP contribution in [0.3, 0.4) is 0 Å². The first-order valence-corrected chi connectivity index (χ1v) is 11.1. The first-order valence-electron chi connectivity index (χ1n) is 11.1. The Balaban J connectivity index is 1.25. The summed E-state index contributed by atoms with van der Waals surface area (Å²) in [7, 11) is 0. The van der Waals surface area contributed by atoms with E-state index in [0.29, 0.717) is 24.0 Å². The number of nitrogens with one attached hydrogen (secondary N) is 1. The zero-order valence-corrected chi connectivity index (χ0v) is 17.7. The van der Waals surface area contributed by atoms with E-state index in [1.54, 1.807) is 4.52 Å². The number of rotatable bonds is 5. The summed E-state index contributed by atoms with van der Waals surface area (Å²) >= 11 is 0. The zero-order valence-electron chi connectivity index (χ0n) is 17.7. The van der Waals surface area contributed by atoms with Crippen LogP contribution in [0.2, 0.25) is 0 Å². The van der Waals surface area contributed by atoms with Crippen LogP contribution in [-0.2, 0) is 11.2 Å². The summed E-state index contributed by atoms with van der Waals surface area (Å²) in [5.74, 6) is 3.59. The van der Waals surface area contributed by atoms with E-state index in [1.165, 1.54) is 38.5 Å². The Morgan fingerprint density at radius 1 is 1.17 bits per heavy atom. The largest absolute Gasteiger partial charge is 0.366 e. The molecule has 4 aliphatic carbocycles. The molecule has 0 unspecified atom stereocenters. The van der Waals surface area contributed by atoms with Crippen LogP contribution in [-0.4, -0.2) is 31.5 Å². The monoisotopic (exact) mass is 396 g/mol. The van der Waals surface area contributed by atoms with Crippen LogP contribution in [0.4, 0.5) is 5.95 Å². The van der Waals surface area contributed by atoms with Crippen molar-refractivity contribution < 1.29 is 4.79 Å². The quantitative estimate of drug-likeness (QED) is 0.810. The number of anilines is 1. The maximum atomic E-state index is 12.8. The van der Waals surface area contributed by atoms with E-state index in [0.717, 1.165) is 34.7 Å². The van der Waals surface area contributed by atoms with Crippen molar-refractivity contribution in [2.24, 2.45) is 23.2 Å². The number of carbonyl (C=O) groups is 1. The highest BCUT2D eigenvalue weighted by Gasteiger charge is 2.53. The van der Waals surface area contributed by atoms with Crippen molar-refractivity contribution in [3.05, 3.63) is 17.0 Å². The molecule has 6 rings (SSSR count). The van der Waals surface area contributed by atoms with Gasteiger partial charge in [0.2, 0.25) is 11.9 Å². The van der Waals surface area contributed by atoms with Gasteiger partial charge in [0.25, 0.3) is 5.78 Å². The predicted octanol–water partition coefficient (Wildman–Crippen LogP) is 2.98. The second-order valence-corrected chi connectivity index (χ2v) is 10.0. The number of hydrogen-bond donors (Lipinski definition) is 2. The van der Waals surface area contributed by atoms with Gasteiger partial charge < -0.3 is 11.1 Å². The summed E-state index contributed by atoms with van der Waals surface area (Å²) in [6.45, 7) is 6.19. The average molecular weight is 397 g/mol. The first kappa shape index (κ1) is 18.8. The van der Waals surface area contributed by atoms with Gasteiger partial charge in [-0.05, 0) is 94.4 Å². The molecule has 0 aliphatic heterocycles. The van der Waals surface area contributed by atoms with Crippen LogP contribution < -0.4 is 11.1 Å². The minimum atomic E-state index is 0.144. The average Bonchev–Trinajstić information content (AvgIpc) is 3.00. The molecule has 3 N–H and O–H groups in total. The number of fused-ring (bicyclic) bond motifs is 1. The standard InChI is InChI=1S/C22H32N6O/c1-12-18(13(2)28-21(24-12)26-20(23)27-28)4-5-19(29)25-14(3)22-9-15-6-16(10-22)8-17(7-15)11-22/h14-17H,4-11H2,1-3H3,(H2,23,27)(H,25,29)/t14-,15?,16?,17?,22?/m1/s1. The van der Waals surface area contributed by atoms with Crippen LogP contribution in [0.1, 0.15) is 68.8 Å². The second-order valence-electron chi connectivity index (χ2n) is 10.0. The SMILES string of the molecule is Cc1nc2nc(N)nn2c(C)c1CCC(=O)N[C@H](C)C12CC3CC(CC(C3)C1)C2. The molecule has 1 atom stereocenters. The Hall–Kier alpha value is -2.18. The van der Waals surface area contributed by atoms with Crippen molar-refractivity contribution >= 4 is 17.6 Å². The highest BCUT2D eigenvalue weighted by atomic mass is 16.1. The molecule has 29 heavy (non-hydrogen) atoms. The van der Waals surface area contributed by atoms with E-state index in [4.69, 9.17) is 5.73 Å². The Morgan fingerprint density at radius 2 is 1.79 bits per heavy atom. The van der Waals surface area contributed by atoms with E-state index < -0.39 is 0 Å². The predicted molar refractivity (Wildman–Crippen MR) is 111 cm³/mol. The third-order valence-corrected chi connectivity index (χ3v) is 8.05. The maximum Gasteiger partial charge on any atom is 0.254 e. The van der Waals surface area contributed by atoms with Gasteiger partial charge in [0.15, 0.2) is 0 Å². The summed E-state index contributed by atoms with van der Waals surface area (Å²) in [6, 6.07) is 0.265. The van der Waals surface area contributed by atoms with E-state index >= 15 is 0 Å². The van der Waals surface area contributed by atoms with E-state index in [1.807, 2.05) is 13.8 Å². The van der Waals surface area contributed by atoms with Crippen LogP contribution in [0.5, 0.6) is 0 Å². The lowest BCUT2D eigenvalue weighted by atomic mass is 9.48. The molecule has 7 nitrogen and oxygen atoms in total. The van der Waals surface area contributed by atoms with E-state index in [-0.39, 0.29) is 17.9 Å². The zero-order chi connectivity index (χ0) is 20.3. The number of hydrogen-bond acceptors (Lipinski definition) is 5. The maximum absolute atomic E-state index is 12.8. The van der Waals surface area contributed by atoms with Crippen molar-refractivity contribution in [2.45, 2.75) is 78.2 Å². The Bertz CT molecular complexity index is 929. The molecule has 7 heteroatoms. The van der Waals surface area contributed by atoms with Crippen LogP contribution in [0.15, 0.2) is 0 Å². The summed E-state index contributed by atoms with van der Waals surface area (Å²) < 4.78 is 1.67. The number of nitrogens with zero attached hydrogens (tertiary/aromatic N) is 4. The van der Waals surface area contributed by atoms with Gasteiger partial charge in [-0.25, -0.2) is 4.98 Å². The minimum Gasteiger partial charge on any atom is -0.366 e. The molecular weight excluding hydrogens is 364 g/mol. The lowest BCUT2D eigenvalue weighted by Crippen LogP contribution is -2.55. The molecule has 0 radical (unpaired) electrons. The van der Waals surface area contributed by atoms with Gasteiger partial charge in [0.1, 0.15) is 0 Å². The van der Waals surface area contributed by atoms with E-state index in [9.17, 15) is 4.79 Å². The number of amides is 1. The second kappa shape index (κ2) is 6.67. The normalized spacial score (nSPS) is 31.3. The fourth-order valence-electron chi connectivity index (χ4n) is 7.00. The van der Waals surface area contributed by atoms with Gasteiger partial charge in [0, 0.05) is 23.9 Å². The fourth-order valence-corrected chi connectivity index (χ4v) is 7.00. The molecule has 1 amide bonds. The summed E-state index contributed by atoms with van der Waals surface area (Å²) in [4.78, 5) is 21.5. The smallest absolute Gasteiger partial charge is 0.254 e. The Labute approximate surface area is 171 Å². The molecule has 2 aromatic heterocycles. The van der Waals surface area contributed by atoms with Crippen molar-refractivity contribution in [3.8, 4) is 0 Å². The summed E-state index contributed by atoms with van der Waals surface area (Å²) in [5.41, 5.74) is 8.96. The molecule has 4 fully saturated rings. The highest BCUT2D eigenvalue weighted by Crippen LogP contribution is 2.61. The molecule has 2 aromatic rings. The molecular formula is C22H32N6O. The van der Waals surface area contributed by atoms with Gasteiger partial charge in [-0.15, -0.1) is 5.10 Å². The molecule has 4 saturated carbocycles. The number of aryl methyl sites for hydroxylation is 2. The topological polar surface area (TPSA) is 98.2 Å². The van der Waals surface area contributed by atoms with E-state index in [2.05, 4.69) is 27.3 Å². The van der Waals surface area contributed by atoms with Gasteiger partial charge in [0.05, 0.1) is 0 Å². The van der Waals surface area contributed by atoms with Crippen molar-refractivity contribution in [1.82, 2.24) is 24.9 Å². The highest BCUT2D eigenvalue weighted by molar-refractivity contribution is 5.76. The molecule has 0 spiro atoms. The molecule has 4 bridgehead atoms. The Morgan fingerprint density at radius 3 is 2.41 bits per heavy atom. The van der Waals surface area contributed by atoms with Crippen molar-refractivity contribution in [1.29, 1.82) is 0 Å². The number of carbonyl (C=O) groups excluding carboxylic acids is 1. The van der Waals surface area contributed by atoms with Crippen molar-refractivity contribution in [2.75, 3.05) is 5.73 Å². The van der Waals surface area contributed by atoms with Crippen LogP contribution in [0, 0.1) is 37.0 Å². The van der Waals surface area contributed by atoms with Gasteiger partial charge in [-0.2, -0.15) is 9.50 Å². The first-order chi connectivity index (χ1) is 13.8. The van der Waals surface area contributed by atoms with Crippen LogP contribution >= 0.6 is 0 Å². The molecule has 156 valence electrons. The lowest BCUT2D eigenvalue weighted by Gasteiger charge is -2.59. The summed E-state index contributed by atoms with van der Waals surface area (Å²) in [6.07, 6.45) is 9.35. The lowest BCUT2D eigenvalue weighted by molar-refractivity contribution is -0.125. The van der Waals surface area contributed by atoms with Gasteiger partial charge in [-0.1, -0.05) is 0 Å². The number of aromatic nitrogens is 4. The molecule has 0 saturated heterocycles. The Kier molecular flexibility index (Phi) is 4.33. The van der Waals surface area contributed by atoms with Gasteiger partial charge in [-0.3, -0.25) is 4.79 Å². The molecule has 2 heterocycles. The number of nitrogens with two attached hydrogens (primary N) is 1. The number of nitrogen functional groups attached to an aromatic ring is 1. The molecule has 4 aliphatic rings. The van der Waals surface area contributed by atoms with Crippen LogP contribution in [0.25, 0.3) is 5.78 Å². The third kappa shape index (κ3) is 3.19. The molecule has 0 aromatic carbocycles. The summed E-state index contributed by atoms with van der Waals surface area (Å²) in [5, 5.41) is 7.59. The third-order valence-electron chi connectivity index (χ3n) is 8.05. The van der Waals surface area contributed by atoms with Gasteiger partial charge >= 0.3 is 0 Å². The minimum absolute atomic E-state index is 0.144. The van der Waals surface area contributed by atoms with Crippen molar-refractivity contribution in [3.63, 3.8) is 0 Å². The fraction of sp³-hybridized carbons (Fsp3) is 0.727.